The fourth-order valence-electron chi connectivity index (χ4n) is 13.4. The molecule has 0 spiro atoms. The van der Waals surface area contributed by atoms with Crippen molar-refractivity contribution in [3.8, 4) is 0 Å². The van der Waals surface area contributed by atoms with Crippen LogP contribution in [-0.2, 0) is 30.5 Å². The van der Waals surface area contributed by atoms with E-state index in [0.29, 0.717) is 24.8 Å². The van der Waals surface area contributed by atoms with Crippen molar-refractivity contribution in [2.24, 2.45) is 68.3 Å². The van der Waals surface area contributed by atoms with E-state index in [0.717, 1.165) is 56.1 Å². The molecule has 0 bridgehead atoms. The Balaban J connectivity index is 1.32. The number of ether oxygens (including phenoxy) is 1. The molecule has 4 saturated carbocycles. The minimum atomic E-state index is -1.19. The number of nitrogens with two attached hydrogens (primary N) is 1. The molecule has 10 nitrogen and oxygen atoms in total. The average Bonchev–Trinajstić information content (AvgIpc) is 3.45. The lowest BCUT2D eigenvalue weighted by Crippen LogP contribution is -2.66. The first kappa shape index (κ1) is 41.5. The molecule has 0 aliphatic heterocycles. The number of esters is 1. The van der Waals surface area contributed by atoms with E-state index in [1.165, 1.54) is 5.57 Å². The molecule has 10 heteroatoms. The van der Waals surface area contributed by atoms with Gasteiger partial charge >= 0.3 is 11.9 Å². The van der Waals surface area contributed by atoms with Crippen molar-refractivity contribution < 1.29 is 34.1 Å². The zero-order chi connectivity index (χ0) is 40.5. The molecule has 0 aromatic carbocycles. The van der Waals surface area contributed by atoms with Crippen molar-refractivity contribution in [1.29, 1.82) is 0 Å². The van der Waals surface area contributed by atoms with Gasteiger partial charge in [0.15, 0.2) is 5.78 Å². The standard InChI is InChI=1S/C45H67N3O7/c1-26(2)38-31(49)19-28-29(32(50)25-48(36(51)22-46)24-27-11-10-18-47-23-27)20-45(9)30(39(28)38)12-13-34-43(7)16-15-35(55-37(52)21-41(3,4)40(53)54)42(5,6)33(43)14-17-44(34,45)8/h10-11,18,23,26,28-30,32-35,50H,12-17,19-22,24-25,46H2,1-9H3,(H,53,54)/t28?,29?,30-,32+,33+,34-,35+,43+,44-,45-/m1/s1. The van der Waals surface area contributed by atoms with Gasteiger partial charge in [0.1, 0.15) is 6.10 Å². The van der Waals surface area contributed by atoms with Crippen molar-refractivity contribution in [3.63, 3.8) is 0 Å². The number of fused-ring (bicyclic) bond motifs is 7. The number of amides is 1. The van der Waals surface area contributed by atoms with Gasteiger partial charge in [-0.1, -0.05) is 60.1 Å². The second-order valence-electron chi connectivity index (χ2n) is 20.4. The van der Waals surface area contributed by atoms with Crippen molar-refractivity contribution in [1.82, 2.24) is 9.88 Å². The second-order valence-corrected chi connectivity index (χ2v) is 20.4. The predicted octanol–water partition coefficient (Wildman–Crippen LogP) is 6.98. The largest absolute Gasteiger partial charge is 0.481 e. The van der Waals surface area contributed by atoms with Crippen LogP contribution in [0.2, 0.25) is 0 Å². The van der Waals surface area contributed by atoms with Gasteiger partial charge in [0, 0.05) is 37.3 Å². The summed E-state index contributed by atoms with van der Waals surface area (Å²) < 4.78 is 6.17. The third-order valence-corrected chi connectivity index (χ3v) is 16.3. The van der Waals surface area contributed by atoms with Crippen LogP contribution in [0.25, 0.3) is 0 Å². The predicted molar refractivity (Wildman–Crippen MR) is 210 cm³/mol. The lowest BCUT2D eigenvalue weighted by Gasteiger charge is -2.72. The van der Waals surface area contributed by atoms with Gasteiger partial charge in [-0.25, -0.2) is 0 Å². The first-order chi connectivity index (χ1) is 25.6. The fraction of sp³-hybridized carbons (Fsp3) is 0.756. The minimum absolute atomic E-state index is 0.0203. The molecule has 55 heavy (non-hydrogen) atoms. The number of Topliss-reactive ketones (excluding diaryl/α,β-unsaturated/α-hetero) is 1. The van der Waals surface area contributed by atoms with Crippen LogP contribution in [-0.4, -0.2) is 69.0 Å². The van der Waals surface area contributed by atoms with Gasteiger partial charge in [0.2, 0.25) is 5.91 Å². The molecular weight excluding hydrogens is 695 g/mol. The topological polar surface area (TPSA) is 160 Å². The highest BCUT2D eigenvalue weighted by Gasteiger charge is 2.70. The summed E-state index contributed by atoms with van der Waals surface area (Å²) in [5, 5.41) is 22.0. The molecule has 2 unspecified atom stereocenters. The second kappa shape index (κ2) is 14.7. The number of carbonyl (C=O) groups is 4. The molecule has 1 amide bonds. The van der Waals surface area contributed by atoms with Gasteiger partial charge in [-0.05, 0) is 128 Å². The lowest BCUT2D eigenvalue weighted by molar-refractivity contribution is -0.237. The van der Waals surface area contributed by atoms with E-state index >= 15 is 0 Å². The van der Waals surface area contributed by atoms with E-state index in [2.05, 4.69) is 53.5 Å². The number of pyridine rings is 1. The Hall–Kier alpha value is -3.11. The average molecular weight is 762 g/mol. The molecule has 304 valence electrons. The van der Waals surface area contributed by atoms with Gasteiger partial charge in [-0.15, -0.1) is 0 Å². The number of carboxylic acids is 1. The Bertz CT molecular complexity index is 1700. The molecule has 6 rings (SSSR count). The number of aromatic nitrogens is 1. The van der Waals surface area contributed by atoms with Crippen LogP contribution < -0.4 is 5.73 Å². The Labute approximate surface area is 328 Å². The van der Waals surface area contributed by atoms with Gasteiger partial charge in [-0.2, -0.15) is 0 Å². The highest BCUT2D eigenvalue weighted by molar-refractivity contribution is 6.00. The van der Waals surface area contributed by atoms with Crippen LogP contribution >= 0.6 is 0 Å². The summed E-state index contributed by atoms with van der Waals surface area (Å²) in [5.74, 6) is -0.692. The van der Waals surface area contributed by atoms with Crippen molar-refractivity contribution in [2.45, 2.75) is 139 Å². The van der Waals surface area contributed by atoms with E-state index in [1.54, 1.807) is 31.1 Å². The SMILES string of the molecule is CC(C)C1=C2C(CC1=O)C([C@@H](O)CN(Cc1cccnc1)C(=O)CN)C[C@]1(C)[C@@H]2CC[C@@H]2[C@@]3(C)CC[C@H](OC(=O)CC(C)(C)C(=O)O)C(C)(C)[C@@H]3CC[C@]21C. The number of ketones is 1. The van der Waals surface area contributed by atoms with E-state index < -0.39 is 23.5 Å². The number of carboxylic acid groups (broad SMARTS) is 1. The molecule has 4 N–H and O–H groups in total. The number of carbonyl (C=O) groups excluding carboxylic acids is 3. The molecule has 0 saturated heterocycles. The fourth-order valence-corrected chi connectivity index (χ4v) is 13.4. The summed E-state index contributed by atoms with van der Waals surface area (Å²) >= 11 is 0. The highest BCUT2D eigenvalue weighted by atomic mass is 16.5. The lowest BCUT2D eigenvalue weighted by atomic mass is 9.33. The van der Waals surface area contributed by atoms with Gasteiger partial charge in [-0.3, -0.25) is 24.2 Å². The number of allylic oxidation sites excluding steroid dienone is 2. The molecule has 5 aliphatic rings. The molecule has 5 aliphatic carbocycles. The number of aliphatic hydroxyl groups excluding tert-OH is 1. The number of hydrogen-bond acceptors (Lipinski definition) is 8. The summed E-state index contributed by atoms with van der Waals surface area (Å²) in [6.07, 6.45) is 9.01. The van der Waals surface area contributed by atoms with Crippen LogP contribution in [0.4, 0.5) is 0 Å². The number of hydrogen-bond donors (Lipinski definition) is 3. The zero-order valence-corrected chi connectivity index (χ0v) is 34.8. The normalized spacial score (nSPS) is 36.0. The summed E-state index contributed by atoms with van der Waals surface area (Å²) in [6, 6.07) is 3.76. The first-order valence-corrected chi connectivity index (χ1v) is 20.9. The van der Waals surface area contributed by atoms with Crippen LogP contribution in [0.1, 0.15) is 126 Å². The number of aliphatic carboxylic acids is 1. The van der Waals surface area contributed by atoms with Gasteiger partial charge in [0.05, 0.1) is 24.5 Å². The Morgan fingerprint density at radius 3 is 2.36 bits per heavy atom. The van der Waals surface area contributed by atoms with Crippen molar-refractivity contribution in [2.75, 3.05) is 13.1 Å². The van der Waals surface area contributed by atoms with Gasteiger partial charge in [0.25, 0.3) is 0 Å². The van der Waals surface area contributed by atoms with E-state index in [1.807, 2.05) is 12.1 Å². The Morgan fingerprint density at radius 2 is 1.75 bits per heavy atom. The van der Waals surface area contributed by atoms with E-state index in [9.17, 15) is 29.4 Å². The summed E-state index contributed by atoms with van der Waals surface area (Å²) in [4.78, 5) is 58.0. The summed E-state index contributed by atoms with van der Waals surface area (Å²) in [5.41, 5.74) is 7.23. The van der Waals surface area contributed by atoms with Crippen LogP contribution in [0, 0.1) is 62.6 Å². The molecular formula is C45H67N3O7. The third-order valence-electron chi connectivity index (χ3n) is 16.3. The first-order valence-electron chi connectivity index (χ1n) is 20.9. The van der Waals surface area contributed by atoms with E-state index in [4.69, 9.17) is 10.5 Å². The maximum Gasteiger partial charge on any atom is 0.309 e. The van der Waals surface area contributed by atoms with Crippen LogP contribution in [0.5, 0.6) is 0 Å². The maximum atomic E-state index is 13.9. The zero-order valence-electron chi connectivity index (χ0n) is 34.8. The van der Waals surface area contributed by atoms with E-state index in [-0.39, 0.29) is 82.6 Å². The molecule has 0 radical (unpaired) electrons. The molecule has 4 fully saturated rings. The summed E-state index contributed by atoms with van der Waals surface area (Å²) in [7, 11) is 0. The molecule has 1 aromatic rings. The Kier molecular flexibility index (Phi) is 11.1. The number of aliphatic hydroxyl groups is 1. The quantitative estimate of drug-likeness (QED) is 0.202. The van der Waals surface area contributed by atoms with Crippen LogP contribution in [0.15, 0.2) is 35.7 Å². The minimum Gasteiger partial charge on any atom is -0.481 e. The highest BCUT2D eigenvalue weighted by Crippen LogP contribution is 2.76. The number of nitrogens with zero attached hydrogens (tertiary/aromatic N) is 2. The monoisotopic (exact) mass is 761 g/mol. The smallest absolute Gasteiger partial charge is 0.309 e. The third kappa shape index (κ3) is 6.89. The van der Waals surface area contributed by atoms with Gasteiger partial charge < -0.3 is 25.6 Å². The number of rotatable bonds is 11. The molecule has 1 aromatic heterocycles. The molecule has 10 atom stereocenters. The Morgan fingerprint density at radius 1 is 1.04 bits per heavy atom. The van der Waals surface area contributed by atoms with Crippen molar-refractivity contribution >= 4 is 23.6 Å². The summed E-state index contributed by atoms with van der Waals surface area (Å²) in [6.45, 7) is 19.6. The van der Waals surface area contributed by atoms with Crippen LogP contribution in [0.3, 0.4) is 0 Å². The van der Waals surface area contributed by atoms with Crippen molar-refractivity contribution in [3.05, 3.63) is 41.2 Å². The molecule has 1 heterocycles. The maximum absolute atomic E-state index is 13.9.